The third kappa shape index (κ3) is 3.62. The molecule has 23 heavy (non-hydrogen) atoms. The van der Waals surface area contributed by atoms with Crippen molar-refractivity contribution in [1.29, 1.82) is 0 Å². The Morgan fingerprint density at radius 1 is 1.35 bits per heavy atom. The first-order valence-corrected chi connectivity index (χ1v) is 7.30. The monoisotopic (exact) mass is 317 g/mol. The first kappa shape index (κ1) is 15.4. The molecular formula is C16H16FN3O3. The van der Waals surface area contributed by atoms with Crippen molar-refractivity contribution in [3.05, 3.63) is 64.6 Å². The molecule has 0 unspecified atom stereocenters. The van der Waals surface area contributed by atoms with Crippen molar-refractivity contribution in [2.75, 3.05) is 19.7 Å². The van der Waals surface area contributed by atoms with Crippen LogP contribution in [-0.2, 0) is 16.1 Å². The number of morpholine rings is 1. The SMILES string of the molecule is O=C(Cn1cccnc1=O)N1CCO[C@@H](c2ccc(F)cc2)C1. The van der Waals surface area contributed by atoms with Gasteiger partial charge in [-0.15, -0.1) is 0 Å². The third-order valence-corrected chi connectivity index (χ3v) is 3.75. The molecule has 0 radical (unpaired) electrons. The molecule has 7 heteroatoms. The zero-order valence-corrected chi connectivity index (χ0v) is 12.4. The number of amides is 1. The first-order chi connectivity index (χ1) is 11.1. The normalized spacial score (nSPS) is 18.0. The molecule has 3 rings (SSSR count). The number of hydrogen-bond acceptors (Lipinski definition) is 4. The lowest BCUT2D eigenvalue weighted by molar-refractivity contribution is -0.139. The molecule has 1 atom stereocenters. The van der Waals surface area contributed by atoms with Gasteiger partial charge in [-0.25, -0.2) is 14.2 Å². The van der Waals surface area contributed by atoms with Crippen LogP contribution in [0.2, 0.25) is 0 Å². The minimum Gasteiger partial charge on any atom is -0.370 e. The summed E-state index contributed by atoms with van der Waals surface area (Å²) in [7, 11) is 0. The number of carbonyl (C=O) groups is 1. The van der Waals surface area contributed by atoms with E-state index in [-0.39, 0.29) is 24.4 Å². The quantitative estimate of drug-likeness (QED) is 0.846. The molecule has 1 aromatic carbocycles. The summed E-state index contributed by atoms with van der Waals surface area (Å²) in [4.78, 5) is 29.2. The van der Waals surface area contributed by atoms with E-state index in [2.05, 4.69) is 4.98 Å². The molecule has 1 aliphatic rings. The van der Waals surface area contributed by atoms with E-state index >= 15 is 0 Å². The van der Waals surface area contributed by atoms with Crippen molar-refractivity contribution in [2.45, 2.75) is 12.6 Å². The fourth-order valence-electron chi connectivity index (χ4n) is 2.51. The summed E-state index contributed by atoms with van der Waals surface area (Å²) >= 11 is 0. The molecule has 0 spiro atoms. The van der Waals surface area contributed by atoms with Gasteiger partial charge in [0.25, 0.3) is 0 Å². The van der Waals surface area contributed by atoms with Gasteiger partial charge in [0.2, 0.25) is 5.91 Å². The Balaban J connectivity index is 1.68. The van der Waals surface area contributed by atoms with Crippen molar-refractivity contribution in [2.24, 2.45) is 0 Å². The van der Waals surface area contributed by atoms with Crippen LogP contribution < -0.4 is 5.69 Å². The third-order valence-electron chi connectivity index (χ3n) is 3.75. The Bertz CT molecular complexity index is 745. The van der Waals surface area contributed by atoms with E-state index in [0.717, 1.165) is 5.56 Å². The Kier molecular flexibility index (Phi) is 4.47. The van der Waals surface area contributed by atoms with Gasteiger partial charge in [-0.2, -0.15) is 0 Å². The fourth-order valence-corrected chi connectivity index (χ4v) is 2.51. The number of rotatable bonds is 3. The second kappa shape index (κ2) is 6.70. The van der Waals surface area contributed by atoms with Gasteiger partial charge in [0.15, 0.2) is 0 Å². The number of carbonyl (C=O) groups excluding carboxylic acids is 1. The molecule has 1 aliphatic heterocycles. The van der Waals surface area contributed by atoms with E-state index in [1.165, 1.54) is 29.1 Å². The topological polar surface area (TPSA) is 64.4 Å². The highest BCUT2D eigenvalue weighted by molar-refractivity contribution is 5.76. The summed E-state index contributed by atoms with van der Waals surface area (Å²) in [5, 5.41) is 0. The maximum Gasteiger partial charge on any atom is 0.347 e. The predicted octanol–water partition coefficient (Wildman–Crippen LogP) is 0.983. The lowest BCUT2D eigenvalue weighted by Gasteiger charge is -2.33. The van der Waals surface area contributed by atoms with E-state index in [0.29, 0.717) is 19.7 Å². The summed E-state index contributed by atoms with van der Waals surface area (Å²) in [6.07, 6.45) is 2.63. The zero-order chi connectivity index (χ0) is 16.2. The molecule has 6 nitrogen and oxygen atoms in total. The van der Waals surface area contributed by atoms with Crippen LogP contribution in [0, 0.1) is 5.82 Å². The molecule has 120 valence electrons. The van der Waals surface area contributed by atoms with Crippen molar-refractivity contribution >= 4 is 5.91 Å². The van der Waals surface area contributed by atoms with Crippen LogP contribution in [0.3, 0.4) is 0 Å². The molecule has 1 fully saturated rings. The lowest BCUT2D eigenvalue weighted by Crippen LogP contribution is -2.44. The minimum atomic E-state index is -0.454. The van der Waals surface area contributed by atoms with Gasteiger partial charge in [-0.3, -0.25) is 9.36 Å². The lowest BCUT2D eigenvalue weighted by atomic mass is 10.1. The maximum absolute atomic E-state index is 13.0. The molecule has 1 amide bonds. The van der Waals surface area contributed by atoms with Gasteiger partial charge in [0.1, 0.15) is 18.5 Å². The largest absolute Gasteiger partial charge is 0.370 e. The highest BCUT2D eigenvalue weighted by atomic mass is 19.1. The highest BCUT2D eigenvalue weighted by Gasteiger charge is 2.25. The van der Waals surface area contributed by atoms with E-state index in [4.69, 9.17) is 4.74 Å². The average molecular weight is 317 g/mol. The Morgan fingerprint density at radius 3 is 2.87 bits per heavy atom. The molecule has 0 aliphatic carbocycles. The van der Waals surface area contributed by atoms with Crippen LogP contribution in [0.25, 0.3) is 0 Å². The predicted molar refractivity (Wildman–Crippen MR) is 80.2 cm³/mol. The van der Waals surface area contributed by atoms with Crippen molar-refractivity contribution < 1.29 is 13.9 Å². The second-order valence-electron chi connectivity index (χ2n) is 5.28. The van der Waals surface area contributed by atoms with E-state index < -0.39 is 5.69 Å². The summed E-state index contributed by atoms with van der Waals surface area (Å²) in [5.74, 6) is -0.482. The summed E-state index contributed by atoms with van der Waals surface area (Å²) in [6, 6.07) is 7.65. The summed E-state index contributed by atoms with van der Waals surface area (Å²) in [6.45, 7) is 1.18. The van der Waals surface area contributed by atoms with Crippen LogP contribution in [0.4, 0.5) is 4.39 Å². The Hall–Kier alpha value is -2.54. The summed E-state index contributed by atoms with van der Waals surface area (Å²) < 4.78 is 19.9. The van der Waals surface area contributed by atoms with E-state index in [9.17, 15) is 14.0 Å². The molecule has 0 saturated carbocycles. The van der Waals surface area contributed by atoms with Gasteiger partial charge < -0.3 is 9.64 Å². The van der Waals surface area contributed by atoms with E-state index in [1.807, 2.05) is 0 Å². The zero-order valence-electron chi connectivity index (χ0n) is 12.4. The van der Waals surface area contributed by atoms with Crippen LogP contribution >= 0.6 is 0 Å². The number of benzene rings is 1. The Labute approximate surface area is 132 Å². The van der Waals surface area contributed by atoms with Crippen LogP contribution in [0.1, 0.15) is 11.7 Å². The van der Waals surface area contributed by atoms with Gasteiger partial charge in [0.05, 0.1) is 13.2 Å². The fraction of sp³-hybridized carbons (Fsp3) is 0.312. The van der Waals surface area contributed by atoms with Gasteiger partial charge >= 0.3 is 5.69 Å². The van der Waals surface area contributed by atoms with Crippen molar-refractivity contribution in [1.82, 2.24) is 14.5 Å². The standard InChI is InChI=1S/C16H16FN3O3/c17-13-4-2-12(3-5-13)14-10-19(8-9-23-14)15(21)11-20-7-1-6-18-16(20)22/h1-7,14H,8-11H2/t14-/m1/s1. The molecule has 1 saturated heterocycles. The number of hydrogen-bond donors (Lipinski definition) is 0. The first-order valence-electron chi connectivity index (χ1n) is 7.30. The number of halogens is 1. The second-order valence-corrected chi connectivity index (χ2v) is 5.28. The Morgan fingerprint density at radius 2 is 2.13 bits per heavy atom. The smallest absolute Gasteiger partial charge is 0.347 e. The highest BCUT2D eigenvalue weighted by Crippen LogP contribution is 2.22. The van der Waals surface area contributed by atoms with Gasteiger partial charge in [0, 0.05) is 18.9 Å². The van der Waals surface area contributed by atoms with Crippen LogP contribution in [0.15, 0.2) is 47.5 Å². The minimum absolute atomic E-state index is 0.0528. The average Bonchev–Trinajstić information content (AvgIpc) is 2.58. The molecule has 1 aromatic heterocycles. The van der Waals surface area contributed by atoms with Crippen molar-refractivity contribution in [3.63, 3.8) is 0 Å². The molecular weight excluding hydrogens is 301 g/mol. The molecule has 2 heterocycles. The maximum atomic E-state index is 13.0. The molecule has 2 aromatic rings. The van der Waals surface area contributed by atoms with Crippen LogP contribution in [0.5, 0.6) is 0 Å². The van der Waals surface area contributed by atoms with E-state index in [1.54, 1.807) is 23.1 Å². The number of ether oxygens (including phenoxy) is 1. The van der Waals surface area contributed by atoms with Gasteiger partial charge in [-0.05, 0) is 23.8 Å². The number of nitrogens with zero attached hydrogens (tertiary/aromatic N) is 3. The summed E-state index contributed by atoms with van der Waals surface area (Å²) in [5.41, 5.74) is 0.367. The molecule has 0 bridgehead atoms. The molecule has 0 N–H and O–H groups in total. The number of aromatic nitrogens is 2. The van der Waals surface area contributed by atoms with Crippen LogP contribution in [-0.4, -0.2) is 40.1 Å². The van der Waals surface area contributed by atoms with Gasteiger partial charge in [-0.1, -0.05) is 12.1 Å². The van der Waals surface area contributed by atoms with Crippen molar-refractivity contribution in [3.8, 4) is 0 Å².